The number of pyridine rings is 1. The summed E-state index contributed by atoms with van der Waals surface area (Å²) in [5.74, 6) is -0.466. The van der Waals surface area contributed by atoms with Crippen molar-refractivity contribution < 1.29 is 23.1 Å². The van der Waals surface area contributed by atoms with Crippen molar-refractivity contribution in [2.24, 2.45) is 0 Å². The van der Waals surface area contributed by atoms with Crippen molar-refractivity contribution in [2.45, 2.75) is 26.9 Å². The highest BCUT2D eigenvalue weighted by atomic mass is 31.2. The summed E-state index contributed by atoms with van der Waals surface area (Å²) in [6.45, 7) is 6.21. The summed E-state index contributed by atoms with van der Waals surface area (Å²) in [6.07, 6.45) is 3.51. The van der Waals surface area contributed by atoms with Crippen LogP contribution in [-0.4, -0.2) is 35.2 Å². The Hall–Kier alpha value is -1.69. The summed E-state index contributed by atoms with van der Waals surface area (Å²) in [6, 6.07) is 3.56. The summed E-state index contributed by atoms with van der Waals surface area (Å²) in [4.78, 5) is 15.9. The number of imidazole rings is 1. The van der Waals surface area contributed by atoms with Gasteiger partial charge in [-0.1, -0.05) is 0 Å². The topological polar surface area (TPSA) is 79.1 Å². The molecule has 0 aliphatic rings. The molecule has 0 bridgehead atoms. The maximum absolute atomic E-state index is 12.6. The van der Waals surface area contributed by atoms with Gasteiger partial charge in [0.05, 0.1) is 26.0 Å². The van der Waals surface area contributed by atoms with Crippen LogP contribution < -0.4 is 0 Å². The molecule has 7 nitrogen and oxygen atoms in total. The molecule has 0 aliphatic heterocycles. The number of rotatable bonds is 8. The van der Waals surface area contributed by atoms with Gasteiger partial charge in [0.2, 0.25) is 0 Å². The van der Waals surface area contributed by atoms with Crippen LogP contribution in [0.25, 0.3) is 5.65 Å². The number of hydrogen-bond acceptors (Lipinski definition) is 6. The summed E-state index contributed by atoms with van der Waals surface area (Å²) < 4.78 is 29.8. The van der Waals surface area contributed by atoms with Gasteiger partial charge in [-0.15, -0.1) is 0 Å². The molecule has 23 heavy (non-hydrogen) atoms. The molecule has 0 radical (unpaired) electrons. The van der Waals surface area contributed by atoms with E-state index in [1.807, 2.05) is 0 Å². The number of fused-ring (bicyclic) bond motifs is 1. The highest BCUT2D eigenvalue weighted by molar-refractivity contribution is 7.53. The van der Waals surface area contributed by atoms with Gasteiger partial charge in [0.25, 0.3) is 0 Å². The van der Waals surface area contributed by atoms with Crippen LogP contribution in [0, 0.1) is 0 Å². The minimum Gasteiger partial charge on any atom is -0.461 e. The number of nitrogens with zero attached hydrogens (tertiary/aromatic N) is 2. The third-order valence-corrected chi connectivity index (χ3v) is 5.09. The second-order valence-corrected chi connectivity index (χ2v) is 6.81. The highest BCUT2D eigenvalue weighted by Crippen LogP contribution is 2.51. The van der Waals surface area contributed by atoms with Crippen molar-refractivity contribution in [3.8, 4) is 0 Å². The first-order valence-electron chi connectivity index (χ1n) is 7.54. The largest absolute Gasteiger partial charge is 0.461 e. The van der Waals surface area contributed by atoms with E-state index in [9.17, 15) is 9.36 Å². The Morgan fingerprint density at radius 3 is 2.52 bits per heavy atom. The van der Waals surface area contributed by atoms with Gasteiger partial charge >= 0.3 is 13.6 Å². The molecule has 0 atom stereocenters. The maximum atomic E-state index is 12.6. The van der Waals surface area contributed by atoms with Gasteiger partial charge in [0.1, 0.15) is 5.65 Å². The lowest BCUT2D eigenvalue weighted by atomic mass is 10.3. The molecule has 0 fully saturated rings. The lowest BCUT2D eigenvalue weighted by Gasteiger charge is -2.16. The minimum absolute atomic E-state index is 0.160. The van der Waals surface area contributed by atoms with Crippen molar-refractivity contribution in [3.63, 3.8) is 0 Å². The lowest BCUT2D eigenvalue weighted by molar-refractivity contribution is 0.0520. The van der Waals surface area contributed by atoms with Gasteiger partial charge in [-0.05, 0) is 38.5 Å². The number of aromatic nitrogens is 2. The van der Waals surface area contributed by atoms with E-state index in [-0.39, 0.29) is 11.9 Å². The number of esters is 1. The first-order chi connectivity index (χ1) is 11.0. The van der Waals surface area contributed by atoms with Crippen LogP contribution in [0.1, 0.15) is 36.8 Å². The monoisotopic (exact) mass is 340 g/mol. The second kappa shape index (κ2) is 7.73. The van der Waals surface area contributed by atoms with E-state index in [4.69, 9.17) is 13.8 Å². The van der Waals surface area contributed by atoms with Gasteiger partial charge in [-0.3, -0.25) is 4.57 Å². The molecule has 0 saturated heterocycles. The van der Waals surface area contributed by atoms with Crippen LogP contribution in [0.15, 0.2) is 24.5 Å². The van der Waals surface area contributed by atoms with Crippen LogP contribution in [0.4, 0.5) is 0 Å². The zero-order chi connectivity index (χ0) is 16.9. The highest BCUT2D eigenvalue weighted by Gasteiger charge is 2.24. The molecule has 0 amide bonds. The van der Waals surface area contributed by atoms with Crippen molar-refractivity contribution in [3.05, 3.63) is 35.8 Å². The molecule has 2 aromatic rings. The third kappa shape index (κ3) is 4.41. The number of ether oxygens (including phenoxy) is 1. The average Bonchev–Trinajstić information content (AvgIpc) is 2.91. The number of carbonyl (C=O) groups excluding carboxylic acids is 1. The van der Waals surface area contributed by atoms with E-state index in [0.29, 0.717) is 25.5 Å². The van der Waals surface area contributed by atoms with E-state index in [2.05, 4.69) is 4.98 Å². The van der Waals surface area contributed by atoms with Gasteiger partial charge in [-0.25, -0.2) is 9.78 Å². The van der Waals surface area contributed by atoms with E-state index in [1.54, 1.807) is 49.7 Å². The number of hydrogen-bond donors (Lipinski definition) is 0. The normalized spacial score (nSPS) is 11.8. The molecule has 2 aromatic heterocycles. The molecule has 0 N–H and O–H groups in total. The van der Waals surface area contributed by atoms with Crippen LogP contribution in [-0.2, 0) is 24.5 Å². The molecule has 126 valence electrons. The summed E-state index contributed by atoms with van der Waals surface area (Å²) in [5.41, 5.74) is 1.58. The van der Waals surface area contributed by atoms with Crippen LogP contribution in [0.2, 0.25) is 0 Å². The number of carbonyl (C=O) groups is 1. The minimum atomic E-state index is -3.17. The molecule has 8 heteroatoms. The van der Waals surface area contributed by atoms with E-state index < -0.39 is 13.6 Å². The Balaban J connectivity index is 2.25. The van der Waals surface area contributed by atoms with Crippen LogP contribution >= 0.6 is 7.60 Å². The molecular weight excluding hydrogens is 319 g/mol. The molecule has 0 spiro atoms. The third-order valence-electron chi connectivity index (χ3n) is 3.04. The van der Waals surface area contributed by atoms with Crippen LogP contribution in [0.5, 0.6) is 0 Å². The van der Waals surface area contributed by atoms with Crippen molar-refractivity contribution in [1.82, 2.24) is 9.38 Å². The summed E-state index contributed by atoms with van der Waals surface area (Å²) >= 11 is 0. The summed E-state index contributed by atoms with van der Waals surface area (Å²) in [5, 5.41) is 0. The molecule has 0 aromatic carbocycles. The molecule has 2 heterocycles. The Kier molecular flexibility index (Phi) is 5.93. The molecule has 0 unspecified atom stereocenters. The van der Waals surface area contributed by atoms with Gasteiger partial charge in [0.15, 0.2) is 5.69 Å². The zero-order valence-corrected chi connectivity index (χ0v) is 14.4. The fourth-order valence-electron chi connectivity index (χ4n) is 2.17. The van der Waals surface area contributed by atoms with Gasteiger partial charge in [0, 0.05) is 12.4 Å². The Morgan fingerprint density at radius 1 is 1.22 bits per heavy atom. The van der Waals surface area contributed by atoms with E-state index >= 15 is 0 Å². The first-order valence-corrected chi connectivity index (χ1v) is 9.27. The van der Waals surface area contributed by atoms with E-state index in [0.717, 1.165) is 5.56 Å². The molecule has 2 rings (SSSR count). The van der Waals surface area contributed by atoms with Gasteiger partial charge < -0.3 is 18.2 Å². The Labute approximate surface area is 135 Å². The predicted octanol–water partition coefficient (Wildman–Crippen LogP) is 3.28. The smallest absolute Gasteiger partial charge is 0.358 e. The first kappa shape index (κ1) is 17.7. The maximum Gasteiger partial charge on any atom is 0.358 e. The van der Waals surface area contributed by atoms with Crippen molar-refractivity contribution in [1.29, 1.82) is 0 Å². The Morgan fingerprint density at radius 2 is 1.91 bits per heavy atom. The Bertz CT molecular complexity index is 718. The molecule has 0 aliphatic carbocycles. The molecule has 0 saturated carbocycles. The van der Waals surface area contributed by atoms with Gasteiger partial charge in [-0.2, -0.15) is 0 Å². The average molecular weight is 340 g/mol. The van der Waals surface area contributed by atoms with Crippen molar-refractivity contribution >= 4 is 19.2 Å². The fraction of sp³-hybridized carbons (Fsp3) is 0.467. The fourth-order valence-corrected chi connectivity index (χ4v) is 3.86. The predicted molar refractivity (Wildman–Crippen MR) is 85.7 cm³/mol. The zero-order valence-electron chi connectivity index (χ0n) is 13.5. The van der Waals surface area contributed by atoms with E-state index in [1.165, 1.54) is 0 Å². The molecular formula is C15H21N2O5P. The quantitative estimate of drug-likeness (QED) is 0.542. The van der Waals surface area contributed by atoms with Crippen LogP contribution in [0.3, 0.4) is 0 Å². The lowest BCUT2D eigenvalue weighted by Crippen LogP contribution is -2.04. The SMILES string of the molecule is CCOC(=O)c1cn2ccc(CP(=O)(OCC)OCC)cc2n1. The standard InChI is InChI=1S/C15H21N2O5P/c1-4-20-15(18)13-10-17-8-7-12(9-14(17)16-13)11-23(19,21-5-2)22-6-3/h7-10H,4-6,11H2,1-3H3. The van der Waals surface area contributed by atoms with Crippen molar-refractivity contribution in [2.75, 3.05) is 19.8 Å². The second-order valence-electron chi connectivity index (χ2n) is 4.75. The summed E-state index contributed by atoms with van der Waals surface area (Å²) in [7, 11) is -3.17.